The number of hydrogen-bond acceptors (Lipinski definition) is 4. The second-order valence-corrected chi connectivity index (χ2v) is 7.24. The molecule has 0 spiro atoms. The van der Waals surface area contributed by atoms with Gasteiger partial charge in [-0.3, -0.25) is 14.2 Å². The van der Waals surface area contributed by atoms with Crippen molar-refractivity contribution >= 4 is 11.4 Å². The lowest BCUT2D eigenvalue weighted by molar-refractivity contribution is 0.0720. The minimum atomic E-state index is -0.178. The summed E-state index contributed by atoms with van der Waals surface area (Å²) in [4.78, 5) is 31.4. The van der Waals surface area contributed by atoms with Crippen molar-refractivity contribution in [3.63, 3.8) is 0 Å². The second kappa shape index (κ2) is 7.05. The van der Waals surface area contributed by atoms with Gasteiger partial charge >= 0.3 is 0 Å². The van der Waals surface area contributed by atoms with Crippen molar-refractivity contribution in [3.8, 4) is 5.82 Å². The fourth-order valence-corrected chi connectivity index (χ4v) is 3.93. The van der Waals surface area contributed by atoms with E-state index in [4.69, 9.17) is 0 Å². The molecule has 1 saturated heterocycles. The van der Waals surface area contributed by atoms with E-state index in [1.165, 1.54) is 10.7 Å². The quantitative estimate of drug-likeness (QED) is 0.536. The summed E-state index contributed by atoms with van der Waals surface area (Å²) in [6.07, 6.45) is 10.6. The van der Waals surface area contributed by atoms with E-state index < -0.39 is 0 Å². The molecule has 1 aliphatic rings. The molecule has 0 aromatic carbocycles. The molecule has 146 valence electrons. The largest absolute Gasteiger partial charge is 0.334 e. The fourth-order valence-electron chi connectivity index (χ4n) is 3.93. The average Bonchev–Trinajstić information content (AvgIpc) is 3.49. The van der Waals surface area contributed by atoms with Gasteiger partial charge in [-0.25, -0.2) is 9.67 Å². The Bertz CT molecular complexity index is 1190. The molecule has 4 aromatic heterocycles. The summed E-state index contributed by atoms with van der Waals surface area (Å²) in [5, 5.41) is 4.46. The lowest BCUT2D eigenvalue weighted by Crippen LogP contribution is -2.40. The van der Waals surface area contributed by atoms with Crippen LogP contribution in [0.15, 0.2) is 72.3 Å². The number of nitrogens with zero attached hydrogens (tertiary/aromatic N) is 6. The molecule has 1 atom stereocenters. The topological polar surface area (TPSA) is 77.4 Å². The first-order valence-electron chi connectivity index (χ1n) is 9.63. The van der Waals surface area contributed by atoms with Crippen LogP contribution in [0.1, 0.15) is 23.2 Å². The molecule has 29 heavy (non-hydrogen) atoms. The van der Waals surface area contributed by atoms with Crippen LogP contribution in [0.2, 0.25) is 0 Å². The molecule has 0 aliphatic carbocycles. The van der Waals surface area contributed by atoms with Crippen LogP contribution in [0.25, 0.3) is 11.3 Å². The molecular weight excluding hydrogens is 368 g/mol. The van der Waals surface area contributed by atoms with Gasteiger partial charge in [0, 0.05) is 42.9 Å². The lowest BCUT2D eigenvalue weighted by atomic mass is 10.2. The maximum absolute atomic E-state index is 13.1. The van der Waals surface area contributed by atoms with E-state index in [9.17, 15) is 9.59 Å². The Hall–Kier alpha value is -3.68. The van der Waals surface area contributed by atoms with Crippen LogP contribution >= 0.6 is 0 Å². The average molecular weight is 388 g/mol. The number of aromatic nitrogens is 5. The third kappa shape index (κ3) is 3.22. The van der Waals surface area contributed by atoms with Gasteiger partial charge in [-0.2, -0.15) is 5.10 Å². The SMILES string of the molecule is O=C(c1cc2ccccn2c1)N1CCCC1Cn1nc(-n2ccnc2)ccc1=O. The Morgan fingerprint density at radius 1 is 1.17 bits per heavy atom. The van der Waals surface area contributed by atoms with Crippen LogP contribution in [0.3, 0.4) is 0 Å². The van der Waals surface area contributed by atoms with Crippen molar-refractivity contribution in [3.05, 3.63) is 83.4 Å². The highest BCUT2D eigenvalue weighted by Gasteiger charge is 2.30. The van der Waals surface area contributed by atoms with Crippen LogP contribution in [0, 0.1) is 0 Å². The van der Waals surface area contributed by atoms with Gasteiger partial charge in [0.25, 0.3) is 11.5 Å². The van der Waals surface area contributed by atoms with E-state index in [1.54, 1.807) is 29.4 Å². The summed E-state index contributed by atoms with van der Waals surface area (Å²) in [7, 11) is 0. The molecule has 1 aliphatic heterocycles. The summed E-state index contributed by atoms with van der Waals surface area (Å²) in [5.74, 6) is 0.617. The highest BCUT2D eigenvalue weighted by Crippen LogP contribution is 2.22. The molecule has 1 fully saturated rings. The number of pyridine rings is 1. The smallest absolute Gasteiger partial charge is 0.266 e. The number of likely N-dealkylation sites (tertiary alicyclic amines) is 1. The van der Waals surface area contributed by atoms with Gasteiger partial charge in [0.2, 0.25) is 0 Å². The number of amides is 1. The van der Waals surface area contributed by atoms with E-state index in [0.717, 1.165) is 18.4 Å². The summed E-state index contributed by atoms with van der Waals surface area (Å²) in [5.41, 5.74) is 1.47. The summed E-state index contributed by atoms with van der Waals surface area (Å²) >= 11 is 0. The van der Waals surface area contributed by atoms with Gasteiger partial charge < -0.3 is 9.30 Å². The number of hydrogen-bond donors (Lipinski definition) is 0. The Labute approximate surface area is 166 Å². The molecule has 1 amide bonds. The van der Waals surface area contributed by atoms with E-state index in [2.05, 4.69) is 10.1 Å². The van der Waals surface area contributed by atoms with Crippen molar-refractivity contribution in [1.82, 2.24) is 28.6 Å². The number of rotatable bonds is 4. The van der Waals surface area contributed by atoms with Crippen LogP contribution in [0.4, 0.5) is 0 Å². The van der Waals surface area contributed by atoms with Crippen molar-refractivity contribution < 1.29 is 4.79 Å². The standard InChI is InChI=1S/C21H20N6O2/c28-20-7-6-19(25-11-8-22-15-25)23-27(20)14-18-5-3-10-26(18)21(29)16-12-17-4-1-2-9-24(17)13-16/h1-2,4,6-9,11-13,15,18H,3,5,10,14H2. The normalized spacial score (nSPS) is 16.6. The molecule has 0 bridgehead atoms. The maximum Gasteiger partial charge on any atom is 0.266 e. The Kier molecular flexibility index (Phi) is 4.23. The highest BCUT2D eigenvalue weighted by atomic mass is 16.2. The lowest BCUT2D eigenvalue weighted by Gasteiger charge is -2.24. The first-order valence-corrected chi connectivity index (χ1v) is 9.63. The third-order valence-corrected chi connectivity index (χ3v) is 5.39. The Morgan fingerprint density at radius 3 is 2.93 bits per heavy atom. The van der Waals surface area contributed by atoms with Gasteiger partial charge in [0.15, 0.2) is 5.82 Å². The molecule has 0 radical (unpaired) electrons. The highest BCUT2D eigenvalue weighted by molar-refractivity contribution is 5.96. The molecular formula is C21H20N6O2. The molecule has 8 nitrogen and oxygen atoms in total. The van der Waals surface area contributed by atoms with E-state index in [0.29, 0.717) is 24.5 Å². The fraction of sp³-hybridized carbons (Fsp3) is 0.238. The minimum Gasteiger partial charge on any atom is -0.334 e. The number of imidazole rings is 1. The summed E-state index contributed by atoms with van der Waals surface area (Å²) in [6.45, 7) is 1.06. The predicted octanol–water partition coefficient (Wildman–Crippen LogP) is 1.99. The predicted molar refractivity (Wildman–Crippen MR) is 107 cm³/mol. The first kappa shape index (κ1) is 17.4. The van der Waals surface area contributed by atoms with Gasteiger partial charge in [0.05, 0.1) is 18.2 Å². The number of fused-ring (bicyclic) bond motifs is 1. The third-order valence-electron chi connectivity index (χ3n) is 5.39. The van der Waals surface area contributed by atoms with E-state index in [1.807, 2.05) is 46.0 Å². The molecule has 4 aromatic rings. The molecule has 0 saturated carbocycles. The molecule has 1 unspecified atom stereocenters. The zero-order valence-corrected chi connectivity index (χ0v) is 15.8. The zero-order valence-electron chi connectivity index (χ0n) is 15.8. The summed E-state index contributed by atoms with van der Waals surface area (Å²) in [6, 6.07) is 10.9. The first-order chi connectivity index (χ1) is 14.2. The molecule has 5 heterocycles. The minimum absolute atomic E-state index is 0.00462. The zero-order chi connectivity index (χ0) is 19.8. The van der Waals surface area contributed by atoms with Gasteiger partial charge in [-0.05, 0) is 37.1 Å². The second-order valence-electron chi connectivity index (χ2n) is 7.24. The van der Waals surface area contributed by atoms with Crippen molar-refractivity contribution in [2.24, 2.45) is 0 Å². The van der Waals surface area contributed by atoms with Crippen molar-refractivity contribution in [2.45, 2.75) is 25.4 Å². The van der Waals surface area contributed by atoms with E-state index >= 15 is 0 Å². The monoisotopic (exact) mass is 388 g/mol. The summed E-state index contributed by atoms with van der Waals surface area (Å²) < 4.78 is 5.14. The number of carbonyl (C=O) groups is 1. The van der Waals surface area contributed by atoms with Crippen molar-refractivity contribution in [2.75, 3.05) is 6.54 Å². The van der Waals surface area contributed by atoms with Gasteiger partial charge in [-0.1, -0.05) is 6.07 Å². The van der Waals surface area contributed by atoms with Crippen LogP contribution < -0.4 is 5.56 Å². The Balaban J connectivity index is 1.40. The number of carbonyl (C=O) groups excluding carboxylic acids is 1. The van der Waals surface area contributed by atoms with Gasteiger partial charge in [-0.15, -0.1) is 0 Å². The molecule has 0 N–H and O–H groups in total. The molecule has 5 rings (SSSR count). The van der Waals surface area contributed by atoms with Crippen LogP contribution in [0.5, 0.6) is 0 Å². The molecule has 8 heteroatoms. The van der Waals surface area contributed by atoms with Gasteiger partial charge in [0.1, 0.15) is 6.33 Å². The maximum atomic E-state index is 13.1. The van der Waals surface area contributed by atoms with Crippen LogP contribution in [-0.2, 0) is 6.54 Å². The Morgan fingerprint density at radius 2 is 2.10 bits per heavy atom. The van der Waals surface area contributed by atoms with Crippen molar-refractivity contribution in [1.29, 1.82) is 0 Å². The van der Waals surface area contributed by atoms with Crippen LogP contribution in [-0.4, -0.2) is 47.1 Å². The van der Waals surface area contributed by atoms with E-state index in [-0.39, 0.29) is 17.5 Å².